The highest BCUT2D eigenvalue weighted by molar-refractivity contribution is 4.47. The zero-order valence-electron chi connectivity index (χ0n) is 14.0. The van der Waals surface area contributed by atoms with Crippen LogP contribution in [0.3, 0.4) is 0 Å². The van der Waals surface area contributed by atoms with E-state index in [-0.39, 0.29) is 17.0 Å². The van der Waals surface area contributed by atoms with Crippen LogP contribution in [0.2, 0.25) is 0 Å². The molecule has 118 valence electrons. The lowest BCUT2D eigenvalue weighted by Gasteiger charge is -2.29. The Labute approximate surface area is 133 Å². The lowest BCUT2D eigenvalue weighted by atomic mass is 10.1. The smallest absolute Gasteiger partial charge is 0.0782 e. The zero-order chi connectivity index (χ0) is 13.7. The van der Waals surface area contributed by atoms with Crippen LogP contribution in [0.15, 0.2) is 0 Å². The van der Waals surface area contributed by atoms with Gasteiger partial charge in [-0.3, -0.25) is 0 Å². The first-order valence-corrected chi connectivity index (χ1v) is 8.44. The molecular formula is C17H38BrN. The SMILES string of the molecule is CCCCCCCCCCCC[N+](C)(C)CCC.[Br-]. The van der Waals surface area contributed by atoms with Gasteiger partial charge in [0.1, 0.15) is 0 Å². The Kier molecular flexibility index (Phi) is 17.0. The summed E-state index contributed by atoms with van der Waals surface area (Å²) in [5, 5.41) is 0. The van der Waals surface area contributed by atoms with Gasteiger partial charge < -0.3 is 21.5 Å². The van der Waals surface area contributed by atoms with E-state index >= 15 is 0 Å². The van der Waals surface area contributed by atoms with Crippen molar-refractivity contribution >= 4 is 0 Å². The van der Waals surface area contributed by atoms with Crippen molar-refractivity contribution in [3.8, 4) is 0 Å². The summed E-state index contributed by atoms with van der Waals surface area (Å²) in [6, 6.07) is 0. The van der Waals surface area contributed by atoms with E-state index in [1.54, 1.807) is 0 Å². The Morgan fingerprint density at radius 3 is 1.37 bits per heavy atom. The highest BCUT2D eigenvalue weighted by Crippen LogP contribution is 2.11. The fourth-order valence-electron chi connectivity index (χ4n) is 2.74. The topological polar surface area (TPSA) is 0 Å². The fourth-order valence-corrected chi connectivity index (χ4v) is 2.74. The summed E-state index contributed by atoms with van der Waals surface area (Å²) in [5.74, 6) is 0. The van der Waals surface area contributed by atoms with Crippen molar-refractivity contribution in [3.05, 3.63) is 0 Å². The summed E-state index contributed by atoms with van der Waals surface area (Å²) in [4.78, 5) is 0. The second kappa shape index (κ2) is 14.8. The van der Waals surface area contributed by atoms with Gasteiger partial charge in [-0.15, -0.1) is 0 Å². The standard InChI is InChI=1S/C17H38N.BrH/c1-5-7-8-9-10-11-12-13-14-15-17-18(3,4)16-6-2;/h5-17H2,1-4H3;1H/q+1;/p-1. The van der Waals surface area contributed by atoms with Gasteiger partial charge in [0, 0.05) is 0 Å². The van der Waals surface area contributed by atoms with Crippen molar-refractivity contribution in [1.82, 2.24) is 0 Å². The fraction of sp³-hybridized carbons (Fsp3) is 1.00. The number of halogens is 1. The molecule has 0 aromatic carbocycles. The Bertz CT molecular complexity index is 169. The molecule has 0 aromatic heterocycles. The zero-order valence-corrected chi connectivity index (χ0v) is 15.6. The van der Waals surface area contributed by atoms with Crippen LogP contribution >= 0.6 is 0 Å². The molecule has 0 fully saturated rings. The van der Waals surface area contributed by atoms with Crippen molar-refractivity contribution in [1.29, 1.82) is 0 Å². The van der Waals surface area contributed by atoms with Crippen LogP contribution in [0.5, 0.6) is 0 Å². The predicted molar refractivity (Wildman–Crippen MR) is 84.0 cm³/mol. The maximum atomic E-state index is 2.37. The number of unbranched alkanes of at least 4 members (excludes halogenated alkanes) is 9. The Balaban J connectivity index is 0. The van der Waals surface area contributed by atoms with E-state index < -0.39 is 0 Å². The van der Waals surface area contributed by atoms with Crippen molar-refractivity contribution in [2.75, 3.05) is 27.2 Å². The quantitative estimate of drug-likeness (QED) is 0.358. The van der Waals surface area contributed by atoms with Crippen LogP contribution in [0.1, 0.15) is 84.5 Å². The average molecular weight is 336 g/mol. The molecule has 2 heteroatoms. The van der Waals surface area contributed by atoms with E-state index in [0.717, 1.165) is 0 Å². The molecule has 0 saturated heterocycles. The van der Waals surface area contributed by atoms with E-state index in [2.05, 4.69) is 27.9 Å². The van der Waals surface area contributed by atoms with Gasteiger partial charge in [-0.25, -0.2) is 0 Å². The molecule has 0 bridgehead atoms. The normalized spacial score (nSPS) is 11.4. The van der Waals surface area contributed by atoms with E-state index in [1.807, 2.05) is 0 Å². The minimum Gasteiger partial charge on any atom is -1.00 e. The van der Waals surface area contributed by atoms with E-state index in [4.69, 9.17) is 0 Å². The van der Waals surface area contributed by atoms with E-state index in [1.165, 1.54) is 88.2 Å². The first kappa shape index (κ1) is 21.7. The molecule has 0 aliphatic rings. The molecule has 0 aliphatic heterocycles. The Hall–Kier alpha value is 0.440. The monoisotopic (exact) mass is 335 g/mol. The predicted octanol–water partition coefficient (Wildman–Crippen LogP) is 2.40. The molecule has 0 aliphatic carbocycles. The molecule has 0 N–H and O–H groups in total. The lowest BCUT2D eigenvalue weighted by molar-refractivity contribution is -0.890. The third-order valence-electron chi connectivity index (χ3n) is 3.95. The summed E-state index contributed by atoms with van der Waals surface area (Å²) in [5.41, 5.74) is 0. The molecule has 0 spiro atoms. The van der Waals surface area contributed by atoms with Crippen LogP contribution < -0.4 is 17.0 Å². The molecule has 0 saturated carbocycles. The molecule has 0 aromatic rings. The molecule has 0 heterocycles. The van der Waals surface area contributed by atoms with Crippen LogP contribution in [0, 0.1) is 0 Å². The summed E-state index contributed by atoms with van der Waals surface area (Å²) >= 11 is 0. The Morgan fingerprint density at radius 1 is 0.526 bits per heavy atom. The summed E-state index contributed by atoms with van der Waals surface area (Å²) < 4.78 is 1.22. The van der Waals surface area contributed by atoms with E-state index in [0.29, 0.717) is 0 Å². The van der Waals surface area contributed by atoms with Crippen LogP contribution in [0.4, 0.5) is 0 Å². The largest absolute Gasteiger partial charge is 1.00 e. The Morgan fingerprint density at radius 2 is 0.947 bits per heavy atom. The summed E-state index contributed by atoms with van der Waals surface area (Å²) in [6.45, 7) is 7.28. The van der Waals surface area contributed by atoms with Gasteiger partial charge in [-0.1, -0.05) is 65.2 Å². The first-order chi connectivity index (χ1) is 8.62. The van der Waals surface area contributed by atoms with Gasteiger partial charge in [-0.05, 0) is 19.3 Å². The molecule has 19 heavy (non-hydrogen) atoms. The second-order valence-corrected chi connectivity index (χ2v) is 6.56. The van der Waals surface area contributed by atoms with Crippen molar-refractivity contribution < 1.29 is 21.5 Å². The van der Waals surface area contributed by atoms with Gasteiger partial charge in [-0.2, -0.15) is 0 Å². The average Bonchev–Trinajstić information content (AvgIpc) is 2.31. The minimum atomic E-state index is 0. The number of hydrogen-bond acceptors (Lipinski definition) is 0. The van der Waals surface area contributed by atoms with Gasteiger partial charge in [0.25, 0.3) is 0 Å². The molecule has 0 amide bonds. The van der Waals surface area contributed by atoms with Crippen LogP contribution in [-0.2, 0) is 0 Å². The maximum absolute atomic E-state index is 2.37. The molecule has 0 rings (SSSR count). The summed E-state index contributed by atoms with van der Waals surface area (Å²) in [6.07, 6.45) is 15.8. The van der Waals surface area contributed by atoms with Gasteiger partial charge >= 0.3 is 0 Å². The molecule has 0 radical (unpaired) electrons. The maximum Gasteiger partial charge on any atom is 0.0782 e. The minimum absolute atomic E-state index is 0. The molecular weight excluding hydrogens is 298 g/mol. The highest BCUT2D eigenvalue weighted by Gasteiger charge is 2.11. The number of quaternary nitrogens is 1. The van der Waals surface area contributed by atoms with Gasteiger partial charge in [0.05, 0.1) is 27.2 Å². The second-order valence-electron chi connectivity index (χ2n) is 6.56. The number of hydrogen-bond donors (Lipinski definition) is 0. The third-order valence-corrected chi connectivity index (χ3v) is 3.95. The van der Waals surface area contributed by atoms with Gasteiger partial charge in [0.15, 0.2) is 0 Å². The molecule has 1 nitrogen and oxygen atoms in total. The lowest BCUT2D eigenvalue weighted by Crippen LogP contribution is -3.00. The first-order valence-electron chi connectivity index (χ1n) is 8.44. The van der Waals surface area contributed by atoms with Crippen molar-refractivity contribution in [3.63, 3.8) is 0 Å². The highest BCUT2D eigenvalue weighted by atomic mass is 79.9. The van der Waals surface area contributed by atoms with E-state index in [9.17, 15) is 0 Å². The van der Waals surface area contributed by atoms with Gasteiger partial charge in [0.2, 0.25) is 0 Å². The third kappa shape index (κ3) is 16.4. The molecule has 0 unspecified atom stereocenters. The summed E-state index contributed by atoms with van der Waals surface area (Å²) in [7, 11) is 4.74. The van der Waals surface area contributed by atoms with Crippen LogP contribution in [-0.4, -0.2) is 31.7 Å². The van der Waals surface area contributed by atoms with Crippen LogP contribution in [0.25, 0.3) is 0 Å². The number of nitrogens with zero attached hydrogens (tertiary/aromatic N) is 1. The van der Waals surface area contributed by atoms with Crippen molar-refractivity contribution in [2.24, 2.45) is 0 Å². The van der Waals surface area contributed by atoms with Crippen molar-refractivity contribution in [2.45, 2.75) is 84.5 Å². The number of rotatable bonds is 13. The molecule has 0 atom stereocenters.